The van der Waals surface area contributed by atoms with Crippen LogP contribution < -0.4 is 20.1 Å². The Labute approximate surface area is 299 Å². The van der Waals surface area contributed by atoms with E-state index in [1.807, 2.05) is 0 Å². The molecule has 0 aliphatic carbocycles. The molecule has 0 saturated heterocycles. The molecule has 3 atom stereocenters. The van der Waals surface area contributed by atoms with Crippen LogP contribution in [0.1, 0.15) is 37.4 Å². The standard InChI is InChI=1S/C34H32Cl3F5N2O6/c1-18(2)24(30(46)34(41,42)32(48)43-17-33(38,39)40)16-27(45)29(20-8-10-22(49-3)11-9-20)44-31(47)28(50-23-6-4-5-21(35)15-23)14-19-7-12-25(36)26(37)13-19/h4-13,15,18,24,28-29H,14,16-17H2,1-3H3,(H,43,48)(H,44,47)/t24-,28+,29-/m0/s1. The molecule has 3 rings (SSSR count). The highest BCUT2D eigenvalue weighted by Gasteiger charge is 2.52. The van der Waals surface area contributed by atoms with Gasteiger partial charge in [0.1, 0.15) is 24.1 Å². The van der Waals surface area contributed by atoms with E-state index in [0.717, 1.165) is 5.32 Å². The highest BCUT2D eigenvalue weighted by atomic mass is 35.5. The summed E-state index contributed by atoms with van der Waals surface area (Å²) in [5.74, 6) is -13.4. The lowest BCUT2D eigenvalue weighted by atomic mass is 9.82. The Morgan fingerprint density at radius 3 is 2.06 bits per heavy atom. The highest BCUT2D eigenvalue weighted by molar-refractivity contribution is 6.42. The van der Waals surface area contributed by atoms with Crippen molar-refractivity contribution < 1.29 is 50.6 Å². The number of methoxy groups -OCH3 is 1. The molecule has 2 N–H and O–H groups in total. The Bertz CT molecular complexity index is 1690. The maximum atomic E-state index is 14.9. The molecular weight excluding hydrogens is 734 g/mol. The molecule has 2 amide bonds. The molecule has 0 bridgehead atoms. The molecule has 3 aromatic carbocycles. The molecule has 0 spiro atoms. The van der Waals surface area contributed by atoms with Gasteiger partial charge in [0.2, 0.25) is 5.78 Å². The number of hydrogen-bond donors (Lipinski definition) is 2. The van der Waals surface area contributed by atoms with E-state index in [-0.39, 0.29) is 27.8 Å². The van der Waals surface area contributed by atoms with Crippen molar-refractivity contribution in [3.63, 3.8) is 0 Å². The summed E-state index contributed by atoms with van der Waals surface area (Å²) in [6.07, 6.45) is -7.35. The van der Waals surface area contributed by atoms with Crippen molar-refractivity contribution in [1.82, 2.24) is 10.6 Å². The van der Waals surface area contributed by atoms with Crippen molar-refractivity contribution >= 4 is 58.2 Å². The molecule has 0 aliphatic heterocycles. The van der Waals surface area contributed by atoms with E-state index in [1.165, 1.54) is 69.5 Å². The summed E-state index contributed by atoms with van der Waals surface area (Å²) in [5, 5.41) is 4.36. The molecule has 270 valence electrons. The monoisotopic (exact) mass is 764 g/mol. The van der Waals surface area contributed by atoms with E-state index in [1.54, 1.807) is 18.2 Å². The molecule has 16 heteroatoms. The largest absolute Gasteiger partial charge is 0.497 e. The second-order valence-electron chi connectivity index (χ2n) is 11.5. The number of carbonyl (C=O) groups is 4. The zero-order valence-corrected chi connectivity index (χ0v) is 29.0. The number of alkyl halides is 5. The second-order valence-corrected chi connectivity index (χ2v) is 12.7. The minimum absolute atomic E-state index is 0.0921. The quantitative estimate of drug-likeness (QED) is 0.115. The predicted molar refractivity (Wildman–Crippen MR) is 177 cm³/mol. The Balaban J connectivity index is 1.97. The fourth-order valence-electron chi connectivity index (χ4n) is 4.76. The third-order valence-electron chi connectivity index (χ3n) is 7.44. The molecule has 0 heterocycles. The summed E-state index contributed by atoms with van der Waals surface area (Å²) in [6.45, 7) is 0.561. The smallest absolute Gasteiger partial charge is 0.405 e. The predicted octanol–water partition coefficient (Wildman–Crippen LogP) is 7.62. The first-order valence-corrected chi connectivity index (χ1v) is 16.1. The van der Waals surface area contributed by atoms with Gasteiger partial charge in [-0.25, -0.2) is 0 Å². The number of hydrogen-bond acceptors (Lipinski definition) is 6. The lowest BCUT2D eigenvalue weighted by Gasteiger charge is -2.27. The van der Waals surface area contributed by atoms with E-state index >= 15 is 0 Å². The zero-order chi connectivity index (χ0) is 37.4. The van der Waals surface area contributed by atoms with Crippen LogP contribution >= 0.6 is 34.8 Å². The van der Waals surface area contributed by atoms with Crippen molar-refractivity contribution in [2.45, 2.75) is 50.9 Å². The average Bonchev–Trinajstić information content (AvgIpc) is 3.05. The van der Waals surface area contributed by atoms with E-state index in [4.69, 9.17) is 44.3 Å². The van der Waals surface area contributed by atoms with Crippen molar-refractivity contribution in [1.29, 1.82) is 0 Å². The molecule has 0 aromatic heterocycles. The molecule has 50 heavy (non-hydrogen) atoms. The van der Waals surface area contributed by atoms with E-state index < -0.39 is 72.4 Å². The minimum Gasteiger partial charge on any atom is -0.497 e. The van der Waals surface area contributed by atoms with Gasteiger partial charge in [-0.15, -0.1) is 0 Å². The molecule has 0 aliphatic rings. The lowest BCUT2D eigenvalue weighted by Crippen LogP contribution is -2.51. The van der Waals surface area contributed by atoms with Gasteiger partial charge < -0.3 is 20.1 Å². The molecule has 8 nitrogen and oxygen atoms in total. The van der Waals surface area contributed by atoms with E-state index in [0.29, 0.717) is 16.3 Å². The van der Waals surface area contributed by atoms with Gasteiger partial charge >= 0.3 is 12.1 Å². The first kappa shape index (κ1) is 40.5. The number of benzene rings is 3. The fraction of sp³-hybridized carbons (Fsp3) is 0.353. The van der Waals surface area contributed by atoms with Crippen LogP contribution in [0, 0.1) is 11.8 Å². The number of halogens is 8. The van der Waals surface area contributed by atoms with Gasteiger partial charge in [0.15, 0.2) is 11.9 Å². The van der Waals surface area contributed by atoms with Crippen molar-refractivity contribution in [2.24, 2.45) is 11.8 Å². The van der Waals surface area contributed by atoms with Crippen LogP contribution in [0.2, 0.25) is 15.1 Å². The number of ether oxygens (including phenoxy) is 2. The van der Waals surface area contributed by atoms with Crippen molar-refractivity contribution in [3.05, 3.63) is 92.9 Å². The Morgan fingerprint density at radius 1 is 0.840 bits per heavy atom. The third-order valence-corrected chi connectivity index (χ3v) is 8.41. The molecule has 0 unspecified atom stereocenters. The Kier molecular flexibility index (Phi) is 14.0. The molecular formula is C34H32Cl3F5N2O6. The summed E-state index contributed by atoms with van der Waals surface area (Å²) in [5.41, 5.74) is 0.690. The highest BCUT2D eigenvalue weighted by Crippen LogP contribution is 2.31. The van der Waals surface area contributed by atoms with Gasteiger partial charge in [-0.2, -0.15) is 22.0 Å². The van der Waals surface area contributed by atoms with Crippen LogP contribution in [0.3, 0.4) is 0 Å². The number of amides is 2. The number of rotatable bonds is 16. The van der Waals surface area contributed by atoms with Gasteiger partial charge in [0, 0.05) is 23.8 Å². The van der Waals surface area contributed by atoms with Gasteiger partial charge in [0.25, 0.3) is 11.8 Å². The van der Waals surface area contributed by atoms with Crippen LogP contribution in [0.5, 0.6) is 11.5 Å². The van der Waals surface area contributed by atoms with Crippen LogP contribution in [0.25, 0.3) is 0 Å². The van der Waals surface area contributed by atoms with Gasteiger partial charge in [-0.1, -0.05) is 72.9 Å². The third kappa shape index (κ3) is 11.3. The maximum absolute atomic E-state index is 14.9. The SMILES string of the molecule is COc1ccc([C@H](NC(=O)[C@@H](Cc2ccc(Cl)c(Cl)c2)Oc2cccc(Cl)c2)C(=O)C[C@H](C(=O)C(F)(F)C(=O)NCC(F)(F)F)C(C)C)cc1. The molecule has 0 fully saturated rings. The first-order chi connectivity index (χ1) is 23.3. The normalized spacial score (nSPS) is 13.6. The van der Waals surface area contributed by atoms with Crippen molar-refractivity contribution in [3.8, 4) is 11.5 Å². The van der Waals surface area contributed by atoms with Crippen LogP contribution in [0.4, 0.5) is 22.0 Å². The van der Waals surface area contributed by atoms with Gasteiger partial charge in [-0.05, 0) is 59.5 Å². The van der Waals surface area contributed by atoms with E-state index in [2.05, 4.69) is 5.32 Å². The molecule has 0 radical (unpaired) electrons. The maximum Gasteiger partial charge on any atom is 0.405 e. The number of nitrogens with one attached hydrogen (secondary N) is 2. The summed E-state index contributed by atoms with van der Waals surface area (Å²) in [7, 11) is 1.39. The van der Waals surface area contributed by atoms with Crippen molar-refractivity contribution in [2.75, 3.05) is 13.7 Å². The van der Waals surface area contributed by atoms with Crippen LogP contribution in [-0.4, -0.2) is 55.2 Å². The number of ketones is 2. The fourth-order valence-corrected chi connectivity index (χ4v) is 5.26. The van der Waals surface area contributed by atoms with Crippen LogP contribution in [0.15, 0.2) is 66.7 Å². The average molecular weight is 766 g/mol. The topological polar surface area (TPSA) is 111 Å². The minimum atomic E-state index is -5.01. The molecule has 0 saturated carbocycles. The number of carbonyl (C=O) groups excluding carboxylic acids is 4. The first-order valence-electron chi connectivity index (χ1n) is 14.9. The Morgan fingerprint density at radius 2 is 1.50 bits per heavy atom. The lowest BCUT2D eigenvalue weighted by molar-refractivity contribution is -0.167. The summed E-state index contributed by atoms with van der Waals surface area (Å²) >= 11 is 18.3. The summed E-state index contributed by atoms with van der Waals surface area (Å²) in [4.78, 5) is 52.8. The van der Waals surface area contributed by atoms with Gasteiger partial charge in [-0.3, -0.25) is 19.2 Å². The summed E-state index contributed by atoms with van der Waals surface area (Å²) in [6, 6.07) is 15.0. The Hall–Kier alpha value is -3.94. The second kappa shape index (κ2) is 17.3. The number of Topliss-reactive ketones (excluding diaryl/α,β-unsaturated/α-hetero) is 2. The molecule has 3 aromatic rings. The summed E-state index contributed by atoms with van der Waals surface area (Å²) < 4.78 is 78.6. The van der Waals surface area contributed by atoms with Gasteiger partial charge in [0.05, 0.1) is 17.2 Å². The van der Waals surface area contributed by atoms with Crippen LogP contribution in [-0.2, 0) is 25.6 Å². The van der Waals surface area contributed by atoms with E-state index in [9.17, 15) is 41.1 Å². The zero-order valence-electron chi connectivity index (χ0n) is 26.8.